The fourth-order valence-corrected chi connectivity index (χ4v) is 7.05. The SMILES string of the molecule is N=c1ccc2c(ccc3c(-c4ccccc4C(F)(F)F)c4ccc5c6c7c(cc5c4oc32)CCCN7CCC6)c1. The lowest BCUT2D eigenvalue weighted by molar-refractivity contribution is -0.137. The molecule has 6 aromatic rings. The first-order valence-corrected chi connectivity index (χ1v) is 13.8. The van der Waals surface area contributed by atoms with Crippen molar-refractivity contribution in [2.24, 2.45) is 0 Å². The van der Waals surface area contributed by atoms with Crippen LogP contribution in [0.1, 0.15) is 29.5 Å². The fraction of sp³-hybridized carbons (Fsp3) is 0.206. The number of nitrogens with one attached hydrogen (secondary N) is 1. The predicted octanol–water partition coefficient (Wildman–Crippen LogP) is 8.76. The highest BCUT2D eigenvalue weighted by Gasteiger charge is 2.35. The van der Waals surface area contributed by atoms with Gasteiger partial charge in [0.2, 0.25) is 0 Å². The van der Waals surface area contributed by atoms with Gasteiger partial charge in [-0.25, -0.2) is 0 Å². The summed E-state index contributed by atoms with van der Waals surface area (Å²) in [5, 5.41) is 13.4. The molecule has 0 spiro atoms. The van der Waals surface area contributed by atoms with Crippen LogP contribution < -0.4 is 10.3 Å². The summed E-state index contributed by atoms with van der Waals surface area (Å²) in [6, 6.07) is 21.1. The van der Waals surface area contributed by atoms with E-state index in [0.29, 0.717) is 32.9 Å². The Hall–Kier alpha value is -4.32. The van der Waals surface area contributed by atoms with Crippen molar-refractivity contribution < 1.29 is 17.6 Å². The number of hydrogen-bond acceptors (Lipinski definition) is 3. The van der Waals surface area contributed by atoms with Gasteiger partial charge in [-0.05, 0) is 95.6 Å². The lowest BCUT2D eigenvalue weighted by atomic mass is 9.86. The minimum atomic E-state index is -4.51. The quantitative estimate of drug-likeness (QED) is 0.169. The van der Waals surface area contributed by atoms with Crippen LogP contribution in [0.4, 0.5) is 18.9 Å². The molecule has 0 radical (unpaired) electrons. The van der Waals surface area contributed by atoms with Gasteiger partial charge in [0.15, 0.2) is 0 Å². The molecule has 3 nitrogen and oxygen atoms in total. The highest BCUT2D eigenvalue weighted by atomic mass is 19.4. The second-order valence-corrected chi connectivity index (χ2v) is 11.0. The monoisotopic (exact) mass is 534 g/mol. The number of rotatable bonds is 1. The summed E-state index contributed by atoms with van der Waals surface area (Å²) in [7, 11) is 0. The predicted molar refractivity (Wildman–Crippen MR) is 154 cm³/mol. The molecule has 0 saturated heterocycles. The van der Waals surface area contributed by atoms with E-state index in [0.717, 1.165) is 66.4 Å². The summed E-state index contributed by atoms with van der Waals surface area (Å²) >= 11 is 0. The number of benzene rings is 5. The number of alkyl halides is 3. The van der Waals surface area contributed by atoms with E-state index in [1.54, 1.807) is 24.3 Å². The van der Waals surface area contributed by atoms with Crippen molar-refractivity contribution in [1.29, 1.82) is 5.41 Å². The molecule has 0 fully saturated rings. The molecule has 0 saturated carbocycles. The summed E-state index contributed by atoms with van der Waals surface area (Å²) in [5.74, 6) is 0. The minimum Gasteiger partial charge on any atom is -0.455 e. The van der Waals surface area contributed by atoms with Crippen molar-refractivity contribution in [3.05, 3.63) is 94.8 Å². The Morgan fingerprint density at radius 2 is 1.43 bits per heavy atom. The molecule has 40 heavy (non-hydrogen) atoms. The third kappa shape index (κ3) is 3.35. The van der Waals surface area contributed by atoms with Gasteiger partial charge in [0, 0.05) is 45.9 Å². The molecule has 0 atom stereocenters. The van der Waals surface area contributed by atoms with Crippen LogP contribution >= 0.6 is 0 Å². The Kier molecular flexibility index (Phi) is 4.91. The van der Waals surface area contributed by atoms with Crippen LogP contribution in [0.2, 0.25) is 0 Å². The maximum absolute atomic E-state index is 14.4. The molecule has 0 bridgehead atoms. The second-order valence-electron chi connectivity index (χ2n) is 11.0. The zero-order valence-corrected chi connectivity index (χ0v) is 21.7. The van der Waals surface area contributed by atoms with E-state index >= 15 is 0 Å². The van der Waals surface area contributed by atoms with E-state index < -0.39 is 11.7 Å². The lowest BCUT2D eigenvalue weighted by Gasteiger charge is -2.37. The number of fused-ring (bicyclic) bond motifs is 7. The zero-order chi connectivity index (χ0) is 27.2. The van der Waals surface area contributed by atoms with Crippen LogP contribution in [0, 0.1) is 5.41 Å². The van der Waals surface area contributed by atoms with Gasteiger partial charge in [-0.15, -0.1) is 0 Å². The van der Waals surface area contributed by atoms with E-state index in [-0.39, 0.29) is 5.56 Å². The maximum Gasteiger partial charge on any atom is 0.417 e. The molecule has 1 aromatic heterocycles. The summed E-state index contributed by atoms with van der Waals surface area (Å²) < 4.78 is 49.9. The van der Waals surface area contributed by atoms with Gasteiger partial charge in [0.25, 0.3) is 0 Å². The molecule has 2 aliphatic rings. The van der Waals surface area contributed by atoms with Crippen LogP contribution in [0.15, 0.2) is 77.2 Å². The van der Waals surface area contributed by atoms with Crippen molar-refractivity contribution in [3.63, 3.8) is 0 Å². The molecule has 6 heteroatoms. The summed E-state index contributed by atoms with van der Waals surface area (Å²) in [5.41, 5.74) is 5.12. The Morgan fingerprint density at radius 3 is 2.25 bits per heavy atom. The van der Waals surface area contributed by atoms with Crippen LogP contribution in [-0.4, -0.2) is 13.1 Å². The lowest BCUT2D eigenvalue weighted by Crippen LogP contribution is -2.34. The maximum atomic E-state index is 14.4. The minimum absolute atomic E-state index is 0.141. The van der Waals surface area contributed by atoms with Crippen LogP contribution in [0.3, 0.4) is 0 Å². The topological polar surface area (TPSA) is 40.2 Å². The van der Waals surface area contributed by atoms with E-state index in [1.807, 2.05) is 24.3 Å². The third-order valence-corrected chi connectivity index (χ3v) is 8.69. The van der Waals surface area contributed by atoms with E-state index in [4.69, 9.17) is 9.83 Å². The third-order valence-electron chi connectivity index (χ3n) is 8.69. The molecule has 198 valence electrons. The Bertz CT molecular complexity index is 2090. The first kappa shape index (κ1) is 23.6. The van der Waals surface area contributed by atoms with Gasteiger partial charge < -0.3 is 14.7 Å². The molecule has 0 aliphatic carbocycles. The van der Waals surface area contributed by atoms with E-state index in [2.05, 4.69) is 17.0 Å². The van der Waals surface area contributed by atoms with Crippen LogP contribution in [0.5, 0.6) is 0 Å². The summed E-state index contributed by atoms with van der Waals surface area (Å²) in [4.78, 5) is 2.50. The fourth-order valence-electron chi connectivity index (χ4n) is 7.05. The van der Waals surface area contributed by atoms with E-state index in [9.17, 15) is 13.2 Å². The second kappa shape index (κ2) is 8.34. The number of hydrogen-bond donors (Lipinski definition) is 1. The average molecular weight is 535 g/mol. The largest absolute Gasteiger partial charge is 0.455 e. The molecule has 0 unspecified atom stereocenters. The van der Waals surface area contributed by atoms with E-state index in [1.165, 1.54) is 22.9 Å². The van der Waals surface area contributed by atoms with Crippen LogP contribution in [0.25, 0.3) is 54.6 Å². The van der Waals surface area contributed by atoms with Gasteiger partial charge >= 0.3 is 6.18 Å². The van der Waals surface area contributed by atoms with Crippen molar-refractivity contribution in [1.82, 2.24) is 0 Å². The molecule has 8 rings (SSSR count). The highest BCUT2D eigenvalue weighted by Crippen LogP contribution is 2.47. The number of anilines is 1. The number of halogens is 3. The zero-order valence-electron chi connectivity index (χ0n) is 21.7. The first-order chi connectivity index (χ1) is 19.4. The smallest absolute Gasteiger partial charge is 0.417 e. The Morgan fingerprint density at radius 1 is 0.725 bits per heavy atom. The van der Waals surface area contributed by atoms with Gasteiger partial charge in [0.1, 0.15) is 11.2 Å². The van der Waals surface area contributed by atoms with Crippen molar-refractivity contribution in [3.8, 4) is 11.1 Å². The van der Waals surface area contributed by atoms with Crippen LogP contribution in [-0.2, 0) is 19.0 Å². The van der Waals surface area contributed by atoms with Crippen molar-refractivity contribution >= 4 is 49.2 Å². The Labute approximate surface area is 228 Å². The molecule has 2 aliphatic heterocycles. The highest BCUT2D eigenvalue weighted by molar-refractivity contribution is 6.20. The molecule has 5 aromatic carbocycles. The summed E-state index contributed by atoms with van der Waals surface area (Å²) in [6.45, 7) is 2.13. The van der Waals surface area contributed by atoms with Crippen molar-refractivity contribution in [2.75, 3.05) is 18.0 Å². The molecule has 3 heterocycles. The first-order valence-electron chi connectivity index (χ1n) is 13.8. The Balaban J connectivity index is 1.59. The van der Waals surface area contributed by atoms with Gasteiger partial charge in [-0.2, -0.15) is 13.2 Å². The number of nitrogens with zero attached hydrogens (tertiary/aromatic N) is 1. The molecular weight excluding hydrogens is 509 g/mol. The average Bonchev–Trinajstić information content (AvgIpc) is 2.95. The van der Waals surface area contributed by atoms with Crippen molar-refractivity contribution in [2.45, 2.75) is 31.9 Å². The standard InChI is InChI=1S/C34H25F3N2O/c35-34(36,37)29-8-2-1-6-25(29)30-26-11-9-19-17-21(38)10-12-22(19)32(26)40-33-27(30)14-13-23-24-7-4-16-39-15-3-5-20(31(24)39)18-28(23)33/h1-2,6,8-14,17-18,38H,3-5,7,15-16H2. The number of aryl methyl sites for hydroxylation is 2. The van der Waals surface area contributed by atoms with Gasteiger partial charge in [-0.3, -0.25) is 0 Å². The molecule has 1 N–H and O–H groups in total. The van der Waals surface area contributed by atoms with Gasteiger partial charge in [0.05, 0.1) is 10.9 Å². The van der Waals surface area contributed by atoms with Gasteiger partial charge in [-0.1, -0.05) is 30.3 Å². The molecule has 0 amide bonds. The molecular formula is C34H25F3N2O. The normalized spacial score (nSPS) is 15.3. The summed E-state index contributed by atoms with van der Waals surface area (Å²) in [6.07, 6.45) is -0.370.